The van der Waals surface area contributed by atoms with Crippen LogP contribution in [0.4, 0.5) is 0 Å². The maximum atomic E-state index is 12.5. The van der Waals surface area contributed by atoms with E-state index in [2.05, 4.69) is 0 Å². The maximum Gasteiger partial charge on any atom is 0.341 e. The van der Waals surface area contributed by atoms with E-state index < -0.39 is 11.9 Å². The van der Waals surface area contributed by atoms with Crippen LogP contribution >= 0.6 is 24.4 Å². The second kappa shape index (κ2) is 9.91. The number of rotatable bonds is 4. The van der Waals surface area contributed by atoms with Crippen molar-refractivity contribution in [1.29, 1.82) is 0 Å². The molecule has 0 bridgehead atoms. The predicted molar refractivity (Wildman–Crippen MR) is 101 cm³/mol. The summed E-state index contributed by atoms with van der Waals surface area (Å²) in [5.74, 6) is -1.45. The van der Waals surface area contributed by atoms with Crippen LogP contribution in [0.2, 0.25) is 0 Å². The molecular formula is C16H22N2O6S2. The quantitative estimate of drug-likeness (QED) is 0.363. The molecule has 0 spiro atoms. The van der Waals surface area contributed by atoms with Crippen LogP contribution in [0.25, 0.3) is 0 Å². The van der Waals surface area contributed by atoms with Crippen molar-refractivity contribution in [2.75, 3.05) is 66.8 Å². The molecule has 0 atom stereocenters. The van der Waals surface area contributed by atoms with E-state index in [-0.39, 0.29) is 21.1 Å². The molecule has 8 nitrogen and oxygen atoms in total. The van der Waals surface area contributed by atoms with E-state index in [9.17, 15) is 9.59 Å². The standard InChI is InChI=1S/C16H22N2O6S2/c1-21-15(19)11(13(25)17-3-7-23-8-4-17)12(16(20)22-2)14(26)18-5-9-24-10-6-18/h3-10H2,1-2H3/b12-11+. The van der Waals surface area contributed by atoms with Gasteiger partial charge in [0.25, 0.3) is 0 Å². The Morgan fingerprint density at radius 3 is 1.31 bits per heavy atom. The fourth-order valence-electron chi connectivity index (χ4n) is 2.65. The molecule has 26 heavy (non-hydrogen) atoms. The average molecular weight is 402 g/mol. The van der Waals surface area contributed by atoms with Crippen LogP contribution in [0, 0.1) is 0 Å². The number of methoxy groups -OCH3 is 2. The molecule has 0 aliphatic carbocycles. The van der Waals surface area contributed by atoms with Gasteiger partial charge in [0.05, 0.1) is 40.6 Å². The smallest absolute Gasteiger partial charge is 0.341 e. The molecule has 0 saturated carbocycles. The van der Waals surface area contributed by atoms with Crippen molar-refractivity contribution in [2.24, 2.45) is 0 Å². The van der Waals surface area contributed by atoms with E-state index >= 15 is 0 Å². The maximum absolute atomic E-state index is 12.5. The second-order valence-corrected chi connectivity index (χ2v) is 6.32. The Bertz CT molecular complexity index is 558. The largest absolute Gasteiger partial charge is 0.465 e. The topological polar surface area (TPSA) is 77.5 Å². The van der Waals surface area contributed by atoms with Gasteiger partial charge in [-0.1, -0.05) is 24.4 Å². The monoisotopic (exact) mass is 402 g/mol. The summed E-state index contributed by atoms with van der Waals surface area (Å²) in [5.41, 5.74) is -0.0968. The number of hydrogen-bond donors (Lipinski definition) is 0. The summed E-state index contributed by atoms with van der Waals surface area (Å²) in [6.45, 7) is 3.98. The first-order valence-corrected chi connectivity index (χ1v) is 8.97. The number of morpholine rings is 2. The highest BCUT2D eigenvalue weighted by Crippen LogP contribution is 2.19. The minimum atomic E-state index is -0.725. The third-order valence-electron chi connectivity index (χ3n) is 4.05. The van der Waals surface area contributed by atoms with Gasteiger partial charge in [-0.3, -0.25) is 0 Å². The highest BCUT2D eigenvalue weighted by Gasteiger charge is 2.34. The first-order chi connectivity index (χ1) is 12.5. The Kier molecular flexibility index (Phi) is 7.88. The Morgan fingerprint density at radius 1 is 0.731 bits per heavy atom. The van der Waals surface area contributed by atoms with Crippen LogP contribution in [-0.2, 0) is 28.5 Å². The van der Waals surface area contributed by atoms with E-state index in [1.165, 1.54) is 14.2 Å². The molecule has 0 aromatic carbocycles. The second-order valence-electron chi connectivity index (χ2n) is 5.54. The first kappa shape index (κ1) is 20.7. The number of nitrogens with zero attached hydrogens (tertiary/aromatic N) is 2. The summed E-state index contributed by atoms with van der Waals surface area (Å²) < 4.78 is 20.4. The van der Waals surface area contributed by atoms with Crippen molar-refractivity contribution >= 4 is 46.4 Å². The van der Waals surface area contributed by atoms with Gasteiger partial charge in [-0.05, 0) is 0 Å². The van der Waals surface area contributed by atoms with Gasteiger partial charge in [0, 0.05) is 26.2 Å². The van der Waals surface area contributed by atoms with Crippen molar-refractivity contribution in [1.82, 2.24) is 9.80 Å². The van der Waals surface area contributed by atoms with Gasteiger partial charge >= 0.3 is 11.9 Å². The summed E-state index contributed by atoms with van der Waals surface area (Å²) in [4.78, 5) is 29.0. The van der Waals surface area contributed by atoms with Gasteiger partial charge in [0.2, 0.25) is 0 Å². The van der Waals surface area contributed by atoms with E-state index in [0.29, 0.717) is 52.6 Å². The summed E-state index contributed by atoms with van der Waals surface area (Å²) in [5, 5.41) is 0. The third-order valence-corrected chi connectivity index (χ3v) is 4.98. The molecule has 10 heteroatoms. The highest BCUT2D eigenvalue weighted by atomic mass is 32.1. The van der Waals surface area contributed by atoms with E-state index in [1.54, 1.807) is 9.80 Å². The van der Waals surface area contributed by atoms with Gasteiger partial charge < -0.3 is 28.7 Å². The fraction of sp³-hybridized carbons (Fsp3) is 0.625. The zero-order valence-corrected chi connectivity index (χ0v) is 16.5. The van der Waals surface area contributed by atoms with Crippen molar-refractivity contribution < 1.29 is 28.5 Å². The number of esters is 2. The van der Waals surface area contributed by atoms with Gasteiger partial charge in [-0.25, -0.2) is 9.59 Å². The van der Waals surface area contributed by atoms with Crippen LogP contribution < -0.4 is 0 Å². The van der Waals surface area contributed by atoms with Crippen LogP contribution in [0.15, 0.2) is 11.1 Å². The average Bonchev–Trinajstić information content (AvgIpc) is 2.71. The van der Waals surface area contributed by atoms with E-state index in [0.717, 1.165) is 0 Å². The number of thiocarbonyl (C=S) groups is 2. The minimum Gasteiger partial charge on any atom is -0.465 e. The molecule has 2 fully saturated rings. The molecule has 0 amide bonds. The molecule has 0 radical (unpaired) electrons. The van der Waals surface area contributed by atoms with Crippen molar-refractivity contribution in [2.45, 2.75) is 0 Å². The lowest BCUT2D eigenvalue weighted by molar-refractivity contribution is -0.138. The summed E-state index contributed by atoms with van der Waals surface area (Å²) in [6.07, 6.45) is 0. The van der Waals surface area contributed by atoms with Gasteiger partial charge in [0.1, 0.15) is 21.1 Å². The van der Waals surface area contributed by atoms with Crippen molar-refractivity contribution in [3.63, 3.8) is 0 Å². The third kappa shape index (κ3) is 4.76. The lowest BCUT2D eigenvalue weighted by atomic mass is 10.1. The molecule has 2 aliphatic heterocycles. The van der Waals surface area contributed by atoms with Gasteiger partial charge in [0.15, 0.2) is 0 Å². The van der Waals surface area contributed by atoms with E-state index in [1.807, 2.05) is 0 Å². The van der Waals surface area contributed by atoms with Crippen LogP contribution in [0.5, 0.6) is 0 Å². The number of carbonyl (C=O) groups is 2. The lowest BCUT2D eigenvalue weighted by Crippen LogP contribution is -2.45. The molecular weight excluding hydrogens is 380 g/mol. The van der Waals surface area contributed by atoms with Crippen LogP contribution in [-0.4, -0.2) is 98.5 Å². The molecule has 0 N–H and O–H groups in total. The lowest BCUT2D eigenvalue weighted by Gasteiger charge is -2.32. The van der Waals surface area contributed by atoms with E-state index in [4.69, 9.17) is 43.4 Å². The molecule has 144 valence electrons. The first-order valence-electron chi connectivity index (χ1n) is 8.16. The molecule has 2 aliphatic rings. The molecule has 2 saturated heterocycles. The Labute approximate surface area is 163 Å². The molecule has 0 aromatic heterocycles. The number of hydrogen-bond acceptors (Lipinski definition) is 8. The van der Waals surface area contributed by atoms with Gasteiger partial charge in [-0.15, -0.1) is 0 Å². The number of ether oxygens (including phenoxy) is 4. The zero-order valence-electron chi connectivity index (χ0n) is 14.8. The van der Waals surface area contributed by atoms with Crippen molar-refractivity contribution in [3.05, 3.63) is 11.1 Å². The predicted octanol–water partition coefficient (Wildman–Crippen LogP) is -0.0518. The highest BCUT2D eigenvalue weighted by molar-refractivity contribution is 7.81. The Morgan fingerprint density at radius 2 is 1.04 bits per heavy atom. The summed E-state index contributed by atoms with van der Waals surface area (Å²) >= 11 is 11.0. The number of carbonyl (C=O) groups excluding carboxylic acids is 2. The summed E-state index contributed by atoms with van der Waals surface area (Å²) in [6, 6.07) is 0. The van der Waals surface area contributed by atoms with Gasteiger partial charge in [-0.2, -0.15) is 0 Å². The van der Waals surface area contributed by atoms with Crippen LogP contribution in [0.3, 0.4) is 0 Å². The zero-order chi connectivity index (χ0) is 19.1. The SMILES string of the molecule is COC(=O)/C(C(=S)N1CCOCC1)=C(/C(=O)OC)C(=S)N1CCOCC1. The summed E-state index contributed by atoms with van der Waals surface area (Å²) in [7, 11) is 2.47. The molecule has 2 rings (SSSR count). The Hall–Kier alpha value is -1.62. The van der Waals surface area contributed by atoms with Crippen molar-refractivity contribution in [3.8, 4) is 0 Å². The molecule has 0 aromatic rings. The molecule has 0 unspecified atom stereocenters. The van der Waals surface area contributed by atoms with Crippen LogP contribution in [0.1, 0.15) is 0 Å². The Balaban J connectivity index is 2.47. The fourth-order valence-corrected chi connectivity index (χ4v) is 3.38. The molecule has 2 heterocycles. The minimum absolute atomic E-state index is 0.0484. The normalized spacial score (nSPS) is 18.7.